The zero-order valence-electron chi connectivity index (χ0n) is 33.4. The van der Waals surface area contributed by atoms with Crippen LogP contribution in [0, 0.1) is 27.7 Å². The third kappa shape index (κ3) is 5.97. The number of allylic oxidation sites excluding steroid dienone is 2. The lowest BCUT2D eigenvalue weighted by molar-refractivity contribution is 0.661. The molecule has 1 aliphatic rings. The van der Waals surface area contributed by atoms with Gasteiger partial charge in [0, 0.05) is 39.2 Å². The first kappa shape index (κ1) is 35.9. The van der Waals surface area contributed by atoms with Gasteiger partial charge >= 0.3 is 0 Å². The maximum Gasteiger partial charge on any atom is 0.0543 e. The van der Waals surface area contributed by atoms with Gasteiger partial charge < -0.3 is 9.80 Å². The highest BCUT2D eigenvalue weighted by atomic mass is 15.2. The Morgan fingerprint density at radius 1 is 0.455 bits per heavy atom. The van der Waals surface area contributed by atoms with Crippen LogP contribution in [-0.2, 0) is 5.41 Å². The first-order chi connectivity index (χ1) is 26.6. The summed E-state index contributed by atoms with van der Waals surface area (Å²) in [5.74, 6) is 0. The van der Waals surface area contributed by atoms with Gasteiger partial charge in [0.05, 0.1) is 5.69 Å². The average Bonchev–Trinajstić information content (AvgIpc) is 3.43. The van der Waals surface area contributed by atoms with Crippen LogP contribution in [-0.4, -0.2) is 0 Å². The van der Waals surface area contributed by atoms with Crippen molar-refractivity contribution in [1.29, 1.82) is 0 Å². The molecule has 0 amide bonds. The summed E-state index contributed by atoms with van der Waals surface area (Å²) in [6, 6.07) is 49.4. The highest BCUT2D eigenvalue weighted by molar-refractivity contribution is 6.10. The normalized spacial score (nSPS) is 13.1. The van der Waals surface area contributed by atoms with Gasteiger partial charge in [-0.1, -0.05) is 117 Å². The molecule has 2 nitrogen and oxygen atoms in total. The molecule has 0 heterocycles. The van der Waals surface area contributed by atoms with E-state index in [1.807, 2.05) is 0 Å². The number of benzene rings is 7. The molecule has 272 valence electrons. The van der Waals surface area contributed by atoms with Crippen molar-refractivity contribution in [3.8, 4) is 11.1 Å². The van der Waals surface area contributed by atoms with Crippen LogP contribution >= 0.6 is 0 Å². The van der Waals surface area contributed by atoms with Gasteiger partial charge in [-0.25, -0.2) is 0 Å². The van der Waals surface area contributed by atoms with Crippen molar-refractivity contribution < 1.29 is 0 Å². The minimum atomic E-state index is -0.263. The zero-order chi connectivity index (χ0) is 38.4. The lowest BCUT2D eigenvalue weighted by Gasteiger charge is -2.31. The SMILES string of the molecule is C/C=C\c1c(C)ccc(N(c2ccccc2)c2ccc3c(c2)C(C)(C)c2cc(N(c4ccccc4)c4ccc(C)c(/C=C\C)c4C)c4ccccc4c2-3)c1C. The van der Waals surface area contributed by atoms with E-state index < -0.39 is 0 Å². The lowest BCUT2D eigenvalue weighted by atomic mass is 9.81. The molecule has 0 saturated carbocycles. The number of para-hydroxylation sites is 2. The second-order valence-corrected chi connectivity index (χ2v) is 15.4. The molecule has 0 aromatic heterocycles. The van der Waals surface area contributed by atoms with Crippen LogP contribution in [0.5, 0.6) is 0 Å². The fraction of sp³-hybridized carbons (Fsp3) is 0.170. The summed E-state index contributed by atoms with van der Waals surface area (Å²) >= 11 is 0. The first-order valence-corrected chi connectivity index (χ1v) is 19.5. The standard InChI is InChI=1S/C53H50N2/c1-9-19-42-35(3)27-31-49(37(42)5)54(39-21-13-11-14-22-39)41-29-30-46-47(33-41)53(7,8)48-34-51(44-25-17-18-26-45(44)52(46)48)55(40-23-15-12-16-24-40)50-32-28-36(4)43(20-10-2)38(50)6/h9-34H,1-8H3/b19-9-,20-10-. The molecule has 0 N–H and O–H groups in total. The number of fused-ring (bicyclic) bond motifs is 5. The summed E-state index contributed by atoms with van der Waals surface area (Å²) in [6.07, 6.45) is 8.76. The molecule has 0 unspecified atom stereocenters. The van der Waals surface area contributed by atoms with E-state index in [0.717, 1.165) is 17.1 Å². The Balaban J connectivity index is 1.36. The second kappa shape index (κ2) is 14.3. The van der Waals surface area contributed by atoms with Gasteiger partial charge in [-0.3, -0.25) is 0 Å². The van der Waals surface area contributed by atoms with Crippen molar-refractivity contribution in [1.82, 2.24) is 0 Å². The van der Waals surface area contributed by atoms with E-state index in [4.69, 9.17) is 0 Å². The Bertz CT molecular complexity index is 2630. The topological polar surface area (TPSA) is 6.48 Å². The van der Waals surface area contributed by atoms with E-state index in [9.17, 15) is 0 Å². The summed E-state index contributed by atoms with van der Waals surface area (Å²) in [6.45, 7) is 17.9. The molecule has 0 bridgehead atoms. The van der Waals surface area contributed by atoms with Crippen LogP contribution in [0.15, 0.2) is 146 Å². The van der Waals surface area contributed by atoms with Gasteiger partial charge in [0.15, 0.2) is 0 Å². The molecule has 0 atom stereocenters. The Labute approximate surface area is 327 Å². The number of anilines is 6. The first-order valence-electron chi connectivity index (χ1n) is 19.5. The lowest BCUT2D eigenvalue weighted by Crippen LogP contribution is -2.18. The summed E-state index contributed by atoms with van der Waals surface area (Å²) in [7, 11) is 0. The van der Waals surface area contributed by atoms with Gasteiger partial charge in [-0.15, -0.1) is 0 Å². The fourth-order valence-corrected chi connectivity index (χ4v) is 8.90. The number of rotatable bonds is 8. The predicted molar refractivity (Wildman–Crippen MR) is 239 cm³/mol. The van der Waals surface area contributed by atoms with Gasteiger partial charge in [-0.2, -0.15) is 0 Å². The van der Waals surface area contributed by atoms with E-state index in [1.165, 1.54) is 83.5 Å². The summed E-state index contributed by atoms with van der Waals surface area (Å²) in [4.78, 5) is 4.92. The molecular weight excluding hydrogens is 665 g/mol. The molecule has 0 aliphatic heterocycles. The largest absolute Gasteiger partial charge is 0.310 e. The van der Waals surface area contributed by atoms with Crippen molar-refractivity contribution >= 4 is 57.0 Å². The molecule has 0 saturated heterocycles. The van der Waals surface area contributed by atoms with Crippen molar-refractivity contribution in [3.63, 3.8) is 0 Å². The molecule has 2 heteroatoms. The highest BCUT2D eigenvalue weighted by Gasteiger charge is 2.39. The molecule has 7 aromatic carbocycles. The number of hydrogen-bond donors (Lipinski definition) is 0. The van der Waals surface area contributed by atoms with Crippen molar-refractivity contribution in [3.05, 3.63) is 190 Å². The quantitative estimate of drug-likeness (QED) is 0.155. The maximum absolute atomic E-state index is 2.49. The van der Waals surface area contributed by atoms with Crippen LogP contribution in [0.1, 0.15) is 72.2 Å². The Morgan fingerprint density at radius 2 is 0.964 bits per heavy atom. The van der Waals surface area contributed by atoms with Gasteiger partial charge in [0.2, 0.25) is 0 Å². The fourth-order valence-electron chi connectivity index (χ4n) is 8.90. The average molecular weight is 715 g/mol. The summed E-state index contributed by atoms with van der Waals surface area (Å²) in [5.41, 5.74) is 19.7. The third-order valence-electron chi connectivity index (χ3n) is 11.7. The molecule has 0 spiro atoms. The van der Waals surface area contributed by atoms with Crippen molar-refractivity contribution in [2.24, 2.45) is 0 Å². The van der Waals surface area contributed by atoms with E-state index >= 15 is 0 Å². The van der Waals surface area contributed by atoms with Crippen LogP contribution in [0.4, 0.5) is 34.1 Å². The van der Waals surface area contributed by atoms with E-state index in [-0.39, 0.29) is 5.41 Å². The molecular formula is C53H50N2. The molecule has 8 rings (SSSR count). The van der Waals surface area contributed by atoms with Crippen LogP contribution in [0.2, 0.25) is 0 Å². The third-order valence-corrected chi connectivity index (χ3v) is 11.7. The zero-order valence-corrected chi connectivity index (χ0v) is 33.4. The minimum Gasteiger partial charge on any atom is -0.310 e. The van der Waals surface area contributed by atoms with Gasteiger partial charge in [0.25, 0.3) is 0 Å². The molecule has 0 fully saturated rings. The Hall–Kier alpha value is -6.12. The molecule has 1 aliphatic carbocycles. The number of hydrogen-bond acceptors (Lipinski definition) is 2. The van der Waals surface area contributed by atoms with E-state index in [1.54, 1.807) is 0 Å². The predicted octanol–water partition coefficient (Wildman–Crippen LogP) is 15.4. The molecule has 55 heavy (non-hydrogen) atoms. The monoisotopic (exact) mass is 714 g/mol. The van der Waals surface area contributed by atoms with E-state index in [0.29, 0.717) is 0 Å². The highest BCUT2D eigenvalue weighted by Crippen LogP contribution is 2.56. The minimum absolute atomic E-state index is 0.263. The van der Waals surface area contributed by atoms with Crippen molar-refractivity contribution in [2.75, 3.05) is 9.80 Å². The van der Waals surface area contributed by atoms with Gasteiger partial charge in [0.1, 0.15) is 0 Å². The van der Waals surface area contributed by atoms with Crippen LogP contribution < -0.4 is 9.80 Å². The smallest absolute Gasteiger partial charge is 0.0543 e. The number of aryl methyl sites for hydroxylation is 2. The van der Waals surface area contributed by atoms with E-state index in [2.05, 4.69) is 223 Å². The second-order valence-electron chi connectivity index (χ2n) is 15.4. The van der Waals surface area contributed by atoms with Crippen molar-refractivity contribution in [2.45, 2.75) is 60.8 Å². The Morgan fingerprint density at radius 3 is 1.53 bits per heavy atom. The van der Waals surface area contributed by atoms with Gasteiger partial charge in [-0.05, 0) is 157 Å². The summed E-state index contributed by atoms with van der Waals surface area (Å²) < 4.78 is 0. The Kier molecular flexibility index (Phi) is 9.31. The van der Waals surface area contributed by atoms with Crippen LogP contribution in [0.25, 0.3) is 34.1 Å². The maximum atomic E-state index is 2.49. The number of nitrogens with zero attached hydrogens (tertiary/aromatic N) is 2. The van der Waals surface area contributed by atoms with Crippen LogP contribution in [0.3, 0.4) is 0 Å². The molecule has 7 aromatic rings. The summed E-state index contributed by atoms with van der Waals surface area (Å²) in [5, 5.41) is 2.52. The molecule has 0 radical (unpaired) electrons.